The summed E-state index contributed by atoms with van der Waals surface area (Å²) in [5, 5.41) is 22.1. The van der Waals surface area contributed by atoms with Gasteiger partial charge in [0.25, 0.3) is 5.70 Å². The van der Waals surface area contributed by atoms with E-state index in [1.54, 1.807) is 24.3 Å². The standard InChI is InChI=1S/C21H12F2N2O4/c1-28-20-9-14-11(6-12(20)10-24)2-5-19-15(14)8-18(25(26)27)21(29-19)16-7-13(22)3-4-17(16)23/h2-9,21H,1H3. The van der Waals surface area contributed by atoms with Gasteiger partial charge in [-0.1, -0.05) is 6.07 Å². The van der Waals surface area contributed by atoms with Crippen molar-refractivity contribution in [2.24, 2.45) is 0 Å². The summed E-state index contributed by atoms with van der Waals surface area (Å²) in [5.74, 6) is -0.967. The molecule has 3 aromatic rings. The molecule has 0 saturated carbocycles. The van der Waals surface area contributed by atoms with Crippen LogP contribution in [0.2, 0.25) is 0 Å². The van der Waals surface area contributed by atoms with E-state index in [1.807, 2.05) is 6.07 Å². The smallest absolute Gasteiger partial charge is 0.291 e. The van der Waals surface area contributed by atoms with Crippen LogP contribution in [0.4, 0.5) is 8.78 Å². The molecule has 1 aliphatic rings. The molecule has 4 rings (SSSR count). The second kappa shape index (κ2) is 6.87. The summed E-state index contributed by atoms with van der Waals surface area (Å²) in [6, 6.07) is 11.2. The highest BCUT2D eigenvalue weighted by Crippen LogP contribution is 2.42. The number of halogens is 2. The Kier molecular flexibility index (Phi) is 4.35. The number of nitro groups is 1. The Hall–Kier alpha value is -3.99. The number of nitrogens with zero attached hydrogens (tertiary/aromatic N) is 2. The first-order chi connectivity index (χ1) is 13.9. The Morgan fingerprint density at radius 2 is 2.00 bits per heavy atom. The van der Waals surface area contributed by atoms with Crippen LogP contribution in [-0.4, -0.2) is 12.0 Å². The number of rotatable bonds is 3. The Bertz CT molecular complexity index is 1250. The lowest BCUT2D eigenvalue weighted by Crippen LogP contribution is -2.21. The molecule has 0 bridgehead atoms. The predicted octanol–water partition coefficient (Wildman–Crippen LogP) is 4.75. The minimum absolute atomic E-state index is 0.267. The molecule has 0 aliphatic carbocycles. The summed E-state index contributed by atoms with van der Waals surface area (Å²) >= 11 is 0. The van der Waals surface area contributed by atoms with Gasteiger partial charge in [-0.25, -0.2) is 8.78 Å². The van der Waals surface area contributed by atoms with E-state index in [0.717, 1.165) is 18.2 Å². The van der Waals surface area contributed by atoms with Crippen molar-refractivity contribution in [3.63, 3.8) is 0 Å². The SMILES string of the molecule is COc1cc2c3c(ccc2cc1C#N)OC(c1cc(F)ccc1F)C([N+](=O)[O-])=C3. The van der Waals surface area contributed by atoms with Crippen molar-refractivity contribution >= 4 is 16.8 Å². The zero-order valence-corrected chi connectivity index (χ0v) is 15.0. The summed E-state index contributed by atoms with van der Waals surface area (Å²) in [4.78, 5) is 11.0. The molecule has 1 heterocycles. The van der Waals surface area contributed by atoms with Crippen LogP contribution < -0.4 is 9.47 Å². The molecule has 0 N–H and O–H groups in total. The zero-order valence-electron chi connectivity index (χ0n) is 15.0. The van der Waals surface area contributed by atoms with Gasteiger partial charge < -0.3 is 9.47 Å². The Morgan fingerprint density at radius 1 is 1.21 bits per heavy atom. The molecule has 6 nitrogen and oxygen atoms in total. The second-order valence-electron chi connectivity index (χ2n) is 6.35. The van der Waals surface area contributed by atoms with E-state index in [9.17, 15) is 24.2 Å². The average Bonchev–Trinajstić information content (AvgIpc) is 2.73. The van der Waals surface area contributed by atoms with Gasteiger partial charge in [0.1, 0.15) is 29.2 Å². The molecule has 0 spiro atoms. The highest BCUT2D eigenvalue weighted by Gasteiger charge is 2.36. The Labute approximate surface area is 163 Å². The van der Waals surface area contributed by atoms with Crippen molar-refractivity contribution in [3.05, 3.63) is 86.6 Å². The van der Waals surface area contributed by atoms with Crippen LogP contribution in [0.25, 0.3) is 16.8 Å². The van der Waals surface area contributed by atoms with Gasteiger partial charge in [0, 0.05) is 17.2 Å². The topological polar surface area (TPSA) is 85.4 Å². The Morgan fingerprint density at radius 3 is 2.69 bits per heavy atom. The van der Waals surface area contributed by atoms with Crippen molar-refractivity contribution in [2.75, 3.05) is 7.11 Å². The van der Waals surface area contributed by atoms with Gasteiger partial charge in [-0.3, -0.25) is 10.1 Å². The van der Waals surface area contributed by atoms with Gasteiger partial charge >= 0.3 is 0 Å². The summed E-state index contributed by atoms with van der Waals surface area (Å²) in [5.41, 5.74) is 0.00819. The van der Waals surface area contributed by atoms with Gasteiger partial charge in [0.05, 0.1) is 17.6 Å². The first kappa shape index (κ1) is 18.4. The monoisotopic (exact) mass is 394 g/mol. The summed E-state index contributed by atoms with van der Waals surface area (Å²) in [7, 11) is 1.41. The summed E-state index contributed by atoms with van der Waals surface area (Å²) < 4.78 is 38.9. The van der Waals surface area contributed by atoms with Crippen molar-refractivity contribution in [3.8, 4) is 17.6 Å². The van der Waals surface area contributed by atoms with E-state index >= 15 is 0 Å². The van der Waals surface area contributed by atoms with Crippen LogP contribution in [0, 0.1) is 33.1 Å². The van der Waals surface area contributed by atoms with Crippen LogP contribution in [0.15, 0.2) is 48.2 Å². The third-order valence-corrected chi connectivity index (χ3v) is 4.72. The minimum Gasteiger partial charge on any atom is -0.495 e. The molecule has 8 heteroatoms. The molecule has 0 fully saturated rings. The number of methoxy groups -OCH3 is 1. The Balaban J connectivity index is 1.95. The molecule has 3 aromatic carbocycles. The van der Waals surface area contributed by atoms with Crippen molar-refractivity contribution in [1.82, 2.24) is 0 Å². The molecule has 29 heavy (non-hydrogen) atoms. The van der Waals surface area contributed by atoms with Crippen LogP contribution in [0.1, 0.15) is 22.8 Å². The zero-order chi connectivity index (χ0) is 20.7. The molecule has 0 radical (unpaired) electrons. The lowest BCUT2D eigenvalue weighted by molar-refractivity contribution is -0.434. The van der Waals surface area contributed by atoms with Gasteiger partial charge in [-0.2, -0.15) is 5.26 Å². The second-order valence-corrected chi connectivity index (χ2v) is 6.35. The quantitative estimate of drug-likeness (QED) is 0.473. The predicted molar refractivity (Wildman–Crippen MR) is 99.9 cm³/mol. The molecular weight excluding hydrogens is 382 g/mol. The van der Waals surface area contributed by atoms with E-state index < -0.39 is 28.4 Å². The maximum Gasteiger partial charge on any atom is 0.291 e. The van der Waals surface area contributed by atoms with Crippen LogP contribution in [-0.2, 0) is 0 Å². The third-order valence-electron chi connectivity index (χ3n) is 4.72. The van der Waals surface area contributed by atoms with E-state index in [1.165, 1.54) is 13.2 Å². The van der Waals surface area contributed by atoms with Gasteiger partial charge in [0.15, 0.2) is 0 Å². The molecule has 144 valence electrons. The largest absolute Gasteiger partial charge is 0.495 e. The molecule has 0 aromatic heterocycles. The lowest BCUT2D eigenvalue weighted by Gasteiger charge is -2.24. The van der Waals surface area contributed by atoms with Crippen LogP contribution in [0.5, 0.6) is 11.5 Å². The fourth-order valence-corrected chi connectivity index (χ4v) is 3.36. The maximum atomic E-state index is 14.3. The lowest BCUT2D eigenvalue weighted by atomic mass is 9.95. The fraction of sp³-hybridized carbons (Fsp3) is 0.0952. The fourth-order valence-electron chi connectivity index (χ4n) is 3.36. The highest BCUT2D eigenvalue weighted by atomic mass is 19.1. The number of nitriles is 1. The van der Waals surface area contributed by atoms with Crippen molar-refractivity contribution < 1.29 is 23.2 Å². The van der Waals surface area contributed by atoms with Crippen LogP contribution >= 0.6 is 0 Å². The summed E-state index contributed by atoms with van der Waals surface area (Å²) in [6.45, 7) is 0. The van der Waals surface area contributed by atoms with Gasteiger partial charge in [-0.05, 0) is 47.2 Å². The average molecular weight is 394 g/mol. The van der Waals surface area contributed by atoms with E-state index in [2.05, 4.69) is 0 Å². The third kappa shape index (κ3) is 3.02. The van der Waals surface area contributed by atoms with E-state index in [-0.39, 0.29) is 11.3 Å². The number of hydrogen-bond acceptors (Lipinski definition) is 5. The first-order valence-electron chi connectivity index (χ1n) is 8.45. The maximum absolute atomic E-state index is 14.3. The van der Waals surface area contributed by atoms with E-state index in [4.69, 9.17) is 9.47 Å². The number of hydrogen-bond donors (Lipinski definition) is 0. The minimum atomic E-state index is -1.41. The molecule has 0 saturated heterocycles. The molecule has 0 amide bonds. The van der Waals surface area contributed by atoms with Gasteiger partial charge in [-0.15, -0.1) is 0 Å². The molecule has 1 unspecified atom stereocenters. The molecule has 1 atom stereocenters. The van der Waals surface area contributed by atoms with Gasteiger partial charge in [0.2, 0.25) is 6.10 Å². The number of fused-ring (bicyclic) bond motifs is 3. The van der Waals surface area contributed by atoms with Crippen molar-refractivity contribution in [2.45, 2.75) is 6.10 Å². The van der Waals surface area contributed by atoms with E-state index in [0.29, 0.717) is 27.6 Å². The normalized spacial score (nSPS) is 15.1. The summed E-state index contributed by atoms with van der Waals surface area (Å²) in [6.07, 6.45) is -0.132. The highest BCUT2D eigenvalue weighted by molar-refractivity contribution is 5.96. The van der Waals surface area contributed by atoms with Crippen LogP contribution in [0.3, 0.4) is 0 Å². The number of ether oxygens (including phenoxy) is 2. The first-order valence-corrected chi connectivity index (χ1v) is 8.45. The molecular formula is C21H12F2N2O4. The number of benzene rings is 3. The van der Waals surface area contributed by atoms with Crippen molar-refractivity contribution in [1.29, 1.82) is 5.26 Å². The molecule has 1 aliphatic heterocycles.